The van der Waals surface area contributed by atoms with Gasteiger partial charge in [0.15, 0.2) is 0 Å². The van der Waals surface area contributed by atoms with Crippen LogP contribution in [0.1, 0.15) is 30.9 Å². The molecule has 22 heavy (non-hydrogen) atoms. The Morgan fingerprint density at radius 2 is 2.18 bits per heavy atom. The van der Waals surface area contributed by atoms with Crippen molar-refractivity contribution in [3.63, 3.8) is 0 Å². The molecule has 3 atom stereocenters. The summed E-state index contributed by atoms with van der Waals surface area (Å²) in [5.41, 5.74) is -0.518. The Labute approximate surface area is 126 Å². The lowest BCUT2D eigenvalue weighted by Gasteiger charge is -2.28. The second-order valence-electron chi connectivity index (χ2n) is 5.27. The van der Waals surface area contributed by atoms with Crippen LogP contribution < -0.4 is 0 Å². The summed E-state index contributed by atoms with van der Waals surface area (Å²) in [5.74, 6) is 0.106. The van der Waals surface area contributed by atoms with Crippen LogP contribution in [0.25, 0.3) is 0 Å². The second kappa shape index (κ2) is 6.66. The molecular formula is C15H18F3NO3. The molecule has 0 amide bonds. The van der Waals surface area contributed by atoms with Crippen molar-refractivity contribution in [1.82, 2.24) is 0 Å². The number of aliphatic hydroxyl groups is 1. The molecule has 0 aromatic heterocycles. The summed E-state index contributed by atoms with van der Waals surface area (Å²) >= 11 is 0. The molecule has 0 fully saturated rings. The molecular weight excluding hydrogens is 299 g/mol. The largest absolute Gasteiger partial charge is 0.448 e. The molecule has 1 aliphatic rings. The first-order chi connectivity index (χ1) is 10.3. The molecule has 122 valence electrons. The second-order valence-corrected chi connectivity index (χ2v) is 5.27. The van der Waals surface area contributed by atoms with Gasteiger partial charge in [-0.05, 0) is 31.5 Å². The Morgan fingerprint density at radius 3 is 2.77 bits per heavy atom. The topological polar surface area (TPSA) is 51.0 Å². The van der Waals surface area contributed by atoms with Crippen LogP contribution in [0.5, 0.6) is 0 Å². The Balaban J connectivity index is 2.30. The van der Waals surface area contributed by atoms with E-state index in [1.807, 2.05) is 0 Å². The highest BCUT2D eigenvalue weighted by Gasteiger charge is 2.32. The van der Waals surface area contributed by atoms with Crippen LogP contribution in [0.4, 0.5) is 13.2 Å². The zero-order chi connectivity index (χ0) is 16.3. The van der Waals surface area contributed by atoms with Crippen LogP contribution in [0.2, 0.25) is 0 Å². The number of aliphatic imine (C=N–C) groups is 1. The average Bonchev–Trinajstić information content (AvgIpc) is 2.45. The summed E-state index contributed by atoms with van der Waals surface area (Å²) in [7, 11) is 1.46. The highest BCUT2D eigenvalue weighted by Crippen LogP contribution is 2.30. The van der Waals surface area contributed by atoms with E-state index >= 15 is 0 Å². The molecule has 7 heteroatoms. The minimum Gasteiger partial charge on any atom is -0.448 e. The molecule has 0 spiro atoms. The van der Waals surface area contributed by atoms with Gasteiger partial charge < -0.3 is 14.6 Å². The van der Waals surface area contributed by atoms with E-state index in [-0.39, 0.29) is 17.5 Å². The van der Waals surface area contributed by atoms with E-state index in [1.165, 1.54) is 19.2 Å². The van der Waals surface area contributed by atoms with E-state index in [4.69, 9.17) is 9.47 Å². The van der Waals surface area contributed by atoms with Crippen molar-refractivity contribution < 1.29 is 27.8 Å². The molecule has 2 rings (SSSR count). The Morgan fingerprint density at radius 1 is 1.45 bits per heavy atom. The number of hydrogen-bond donors (Lipinski definition) is 1. The molecule has 4 nitrogen and oxygen atoms in total. The number of ether oxygens (including phenoxy) is 2. The Kier molecular flexibility index (Phi) is 5.08. The maximum Gasteiger partial charge on any atom is 0.416 e. The van der Waals surface area contributed by atoms with Gasteiger partial charge in [0, 0.05) is 19.1 Å². The van der Waals surface area contributed by atoms with Gasteiger partial charge >= 0.3 is 6.18 Å². The van der Waals surface area contributed by atoms with E-state index < -0.39 is 24.1 Å². The smallest absolute Gasteiger partial charge is 0.416 e. The van der Waals surface area contributed by atoms with Gasteiger partial charge in [-0.15, -0.1) is 0 Å². The van der Waals surface area contributed by atoms with Gasteiger partial charge in [0.05, 0.1) is 17.7 Å². The predicted octanol–water partition coefficient (Wildman–Crippen LogP) is 2.98. The van der Waals surface area contributed by atoms with Crippen molar-refractivity contribution in [3.8, 4) is 0 Å². The van der Waals surface area contributed by atoms with Crippen LogP contribution in [0.15, 0.2) is 29.3 Å². The van der Waals surface area contributed by atoms with Crippen molar-refractivity contribution >= 4 is 5.90 Å². The van der Waals surface area contributed by atoms with Crippen LogP contribution in [-0.2, 0) is 15.7 Å². The first-order valence-corrected chi connectivity index (χ1v) is 6.92. The fraction of sp³-hybridized carbons (Fsp3) is 0.533. The van der Waals surface area contributed by atoms with Gasteiger partial charge in [0.1, 0.15) is 0 Å². The molecule has 3 unspecified atom stereocenters. The quantitative estimate of drug-likeness (QED) is 0.929. The molecule has 0 bridgehead atoms. The molecule has 1 N–H and O–H groups in total. The fourth-order valence-corrected chi connectivity index (χ4v) is 2.30. The average molecular weight is 317 g/mol. The molecule has 0 saturated heterocycles. The van der Waals surface area contributed by atoms with Crippen LogP contribution >= 0.6 is 0 Å². The Hall–Kier alpha value is -1.60. The molecule has 1 aromatic carbocycles. The number of halogens is 3. The third kappa shape index (κ3) is 4.20. The van der Waals surface area contributed by atoms with Gasteiger partial charge in [-0.2, -0.15) is 13.2 Å². The first kappa shape index (κ1) is 16.8. The molecule has 1 heterocycles. The summed E-state index contributed by atoms with van der Waals surface area (Å²) in [6, 6.07) is 4.54. The number of nitrogens with zero attached hydrogens (tertiary/aromatic N) is 1. The monoisotopic (exact) mass is 317 g/mol. The summed E-state index contributed by atoms with van der Waals surface area (Å²) in [6.45, 7) is 1.64. The van der Waals surface area contributed by atoms with Crippen LogP contribution in [0, 0.1) is 0 Å². The summed E-state index contributed by atoms with van der Waals surface area (Å²) in [5, 5.41) is 9.47. The minimum absolute atomic E-state index is 0.106. The standard InChI is InChI=1S/C15H18F3NO3/c1-9(20)6-12-8-13(21-2)22-14(19-12)10-4-3-5-11(7-10)15(16,17)18/h3-5,7,9,12-13,20H,6,8H2,1-2H3. The first-order valence-electron chi connectivity index (χ1n) is 6.92. The summed E-state index contributed by atoms with van der Waals surface area (Å²) < 4.78 is 49.0. The number of aliphatic hydroxyl groups excluding tert-OH is 1. The molecule has 0 radical (unpaired) electrons. The third-order valence-corrected chi connectivity index (χ3v) is 3.32. The minimum atomic E-state index is -4.43. The van der Waals surface area contributed by atoms with E-state index in [0.717, 1.165) is 12.1 Å². The SMILES string of the molecule is COC1CC(CC(C)O)N=C(c2cccc(C(F)(F)F)c2)O1. The van der Waals surface area contributed by atoms with Crippen molar-refractivity contribution in [2.24, 2.45) is 4.99 Å². The van der Waals surface area contributed by atoms with Gasteiger partial charge in [-0.3, -0.25) is 0 Å². The number of alkyl halides is 3. The van der Waals surface area contributed by atoms with E-state index in [0.29, 0.717) is 12.8 Å². The fourth-order valence-electron chi connectivity index (χ4n) is 2.30. The zero-order valence-electron chi connectivity index (χ0n) is 12.3. The number of rotatable bonds is 4. The number of methoxy groups -OCH3 is 1. The maximum atomic E-state index is 12.8. The normalized spacial score (nSPS) is 23.6. The summed E-state index contributed by atoms with van der Waals surface area (Å²) in [4.78, 5) is 4.30. The lowest BCUT2D eigenvalue weighted by atomic mass is 10.0. The number of hydrogen-bond acceptors (Lipinski definition) is 4. The van der Waals surface area contributed by atoms with Crippen LogP contribution in [-0.4, -0.2) is 36.5 Å². The zero-order valence-corrected chi connectivity index (χ0v) is 12.3. The van der Waals surface area contributed by atoms with Gasteiger partial charge in [0.2, 0.25) is 12.2 Å². The van der Waals surface area contributed by atoms with Gasteiger partial charge in [-0.1, -0.05) is 6.07 Å². The van der Waals surface area contributed by atoms with Crippen LogP contribution in [0.3, 0.4) is 0 Å². The van der Waals surface area contributed by atoms with Crippen molar-refractivity contribution in [2.45, 2.75) is 44.4 Å². The highest BCUT2D eigenvalue weighted by molar-refractivity contribution is 5.94. The Bertz CT molecular complexity index is 543. The van der Waals surface area contributed by atoms with Crippen molar-refractivity contribution in [3.05, 3.63) is 35.4 Å². The molecule has 0 saturated carbocycles. The molecule has 0 aliphatic carbocycles. The number of benzene rings is 1. The highest BCUT2D eigenvalue weighted by atomic mass is 19.4. The maximum absolute atomic E-state index is 12.8. The van der Waals surface area contributed by atoms with Crippen molar-refractivity contribution in [2.75, 3.05) is 7.11 Å². The van der Waals surface area contributed by atoms with E-state index in [9.17, 15) is 18.3 Å². The molecule has 1 aromatic rings. The van der Waals surface area contributed by atoms with Gasteiger partial charge in [-0.25, -0.2) is 4.99 Å². The lowest BCUT2D eigenvalue weighted by molar-refractivity contribution is -0.137. The predicted molar refractivity (Wildman–Crippen MR) is 74.6 cm³/mol. The van der Waals surface area contributed by atoms with E-state index in [2.05, 4.69) is 4.99 Å². The van der Waals surface area contributed by atoms with Crippen molar-refractivity contribution in [1.29, 1.82) is 0 Å². The summed E-state index contributed by atoms with van der Waals surface area (Å²) in [6.07, 6.45) is -4.74. The lowest BCUT2D eigenvalue weighted by Crippen LogP contribution is -2.33. The molecule has 1 aliphatic heterocycles. The third-order valence-electron chi connectivity index (χ3n) is 3.32. The van der Waals surface area contributed by atoms with E-state index in [1.54, 1.807) is 6.92 Å². The van der Waals surface area contributed by atoms with Gasteiger partial charge in [0.25, 0.3) is 0 Å².